The summed E-state index contributed by atoms with van der Waals surface area (Å²) >= 11 is 0. The molecular weight excluding hydrogens is 324 g/mol. The maximum atomic E-state index is 12.4. The van der Waals surface area contributed by atoms with Gasteiger partial charge in [0.2, 0.25) is 0 Å². The van der Waals surface area contributed by atoms with Gasteiger partial charge in [-0.2, -0.15) is 0 Å². The van der Waals surface area contributed by atoms with Gasteiger partial charge < -0.3 is 5.11 Å². The van der Waals surface area contributed by atoms with Gasteiger partial charge in [-0.1, -0.05) is 78.9 Å². The van der Waals surface area contributed by atoms with E-state index in [9.17, 15) is 9.59 Å². The number of ketones is 1. The minimum absolute atomic E-state index is 0.0335. The molecule has 0 fully saturated rings. The highest BCUT2D eigenvalue weighted by Crippen LogP contribution is 2.20. The largest absolute Gasteiger partial charge is 0.478 e. The highest BCUT2D eigenvalue weighted by atomic mass is 16.4. The van der Waals surface area contributed by atoms with Crippen molar-refractivity contribution in [3.63, 3.8) is 0 Å². The number of benzene rings is 3. The minimum Gasteiger partial charge on any atom is -0.478 e. The van der Waals surface area contributed by atoms with Crippen molar-refractivity contribution in [2.45, 2.75) is 6.42 Å². The standard InChI is InChI=1S/C23H18O3/c24-22(21-13-6-17(7-14-21)10-15-23(25)26)16-18-8-11-20(12-9-18)19-4-2-1-3-5-19/h1-15H,16H2,(H,25,26)/b15-10+. The SMILES string of the molecule is O=C(O)/C=C/c1ccc(C(=O)Cc2ccc(-c3ccccc3)cc2)cc1. The lowest BCUT2D eigenvalue weighted by Gasteiger charge is -2.05. The van der Waals surface area contributed by atoms with Crippen LogP contribution in [0, 0.1) is 0 Å². The summed E-state index contributed by atoms with van der Waals surface area (Å²) in [6, 6.07) is 25.0. The zero-order valence-corrected chi connectivity index (χ0v) is 14.1. The molecule has 0 atom stereocenters. The molecule has 0 aliphatic rings. The van der Waals surface area contributed by atoms with Crippen LogP contribution in [0.25, 0.3) is 17.2 Å². The van der Waals surface area contributed by atoms with Crippen LogP contribution >= 0.6 is 0 Å². The molecule has 0 radical (unpaired) electrons. The predicted octanol–water partition coefficient (Wildman–Crippen LogP) is 4.88. The third-order valence-electron chi connectivity index (χ3n) is 4.08. The molecule has 1 N–H and O–H groups in total. The maximum Gasteiger partial charge on any atom is 0.328 e. The van der Waals surface area contributed by atoms with Gasteiger partial charge in [-0.15, -0.1) is 0 Å². The van der Waals surface area contributed by atoms with Gasteiger partial charge in [0, 0.05) is 18.1 Å². The number of carbonyl (C=O) groups excluding carboxylic acids is 1. The first kappa shape index (κ1) is 17.4. The van der Waals surface area contributed by atoms with E-state index in [0.717, 1.165) is 28.3 Å². The van der Waals surface area contributed by atoms with Crippen LogP contribution in [0.2, 0.25) is 0 Å². The fraction of sp³-hybridized carbons (Fsp3) is 0.0435. The Morgan fingerprint density at radius 1 is 0.769 bits per heavy atom. The Balaban J connectivity index is 1.67. The van der Waals surface area contributed by atoms with Gasteiger partial charge in [-0.25, -0.2) is 4.79 Å². The third kappa shape index (κ3) is 4.54. The summed E-state index contributed by atoms with van der Waals surface area (Å²) in [5, 5.41) is 8.63. The molecule has 3 aromatic rings. The first-order valence-corrected chi connectivity index (χ1v) is 8.30. The second-order valence-corrected chi connectivity index (χ2v) is 5.96. The van der Waals surface area contributed by atoms with Gasteiger partial charge in [0.25, 0.3) is 0 Å². The lowest BCUT2D eigenvalue weighted by atomic mass is 9.99. The van der Waals surface area contributed by atoms with E-state index in [1.165, 1.54) is 6.08 Å². The Hall–Kier alpha value is -3.46. The van der Waals surface area contributed by atoms with Crippen LogP contribution in [0.4, 0.5) is 0 Å². The van der Waals surface area contributed by atoms with Crippen LogP contribution in [0.1, 0.15) is 21.5 Å². The Labute approximate surface area is 152 Å². The van der Waals surface area contributed by atoms with E-state index in [4.69, 9.17) is 5.11 Å². The molecule has 0 aliphatic heterocycles. The van der Waals surface area contributed by atoms with Crippen LogP contribution in [0.15, 0.2) is 84.9 Å². The molecule has 0 bridgehead atoms. The first-order valence-electron chi connectivity index (χ1n) is 8.30. The summed E-state index contributed by atoms with van der Waals surface area (Å²) in [4.78, 5) is 23.0. The van der Waals surface area contributed by atoms with Gasteiger partial charge in [0.05, 0.1) is 0 Å². The molecule has 26 heavy (non-hydrogen) atoms. The zero-order valence-electron chi connectivity index (χ0n) is 14.1. The number of Topliss-reactive ketones (excluding diaryl/α,β-unsaturated/α-hetero) is 1. The van der Waals surface area contributed by atoms with Crippen molar-refractivity contribution in [3.05, 3.63) is 102 Å². The molecule has 0 spiro atoms. The summed E-state index contributed by atoms with van der Waals surface area (Å²) in [5.41, 5.74) is 4.59. The van der Waals surface area contributed by atoms with E-state index in [-0.39, 0.29) is 5.78 Å². The van der Waals surface area contributed by atoms with E-state index in [0.29, 0.717) is 12.0 Å². The van der Waals surface area contributed by atoms with Crippen LogP contribution in [-0.4, -0.2) is 16.9 Å². The molecule has 3 heteroatoms. The average molecular weight is 342 g/mol. The molecule has 0 amide bonds. The molecular formula is C23H18O3. The number of hydrogen-bond donors (Lipinski definition) is 1. The van der Waals surface area contributed by atoms with Gasteiger partial charge in [-0.05, 0) is 28.3 Å². The summed E-state index contributed by atoms with van der Waals surface area (Å²) < 4.78 is 0. The van der Waals surface area contributed by atoms with Crippen LogP contribution in [0.3, 0.4) is 0 Å². The monoisotopic (exact) mass is 342 g/mol. The van der Waals surface area contributed by atoms with Crippen molar-refractivity contribution in [1.29, 1.82) is 0 Å². The van der Waals surface area contributed by atoms with E-state index >= 15 is 0 Å². The summed E-state index contributed by atoms with van der Waals surface area (Å²) in [6.07, 6.45) is 2.91. The van der Waals surface area contributed by atoms with E-state index in [2.05, 4.69) is 12.1 Å². The molecule has 3 nitrogen and oxygen atoms in total. The number of hydrogen-bond acceptors (Lipinski definition) is 2. The summed E-state index contributed by atoms with van der Waals surface area (Å²) in [6.45, 7) is 0. The number of aliphatic carboxylic acids is 1. The van der Waals surface area contributed by atoms with Crippen molar-refractivity contribution < 1.29 is 14.7 Å². The third-order valence-corrected chi connectivity index (χ3v) is 4.08. The van der Waals surface area contributed by atoms with E-state index in [1.54, 1.807) is 24.3 Å². The Bertz CT molecular complexity index is 921. The van der Waals surface area contributed by atoms with Gasteiger partial charge in [0.15, 0.2) is 5.78 Å². The van der Waals surface area contributed by atoms with Gasteiger partial charge in [-0.3, -0.25) is 4.79 Å². The molecule has 0 unspecified atom stereocenters. The maximum absolute atomic E-state index is 12.4. The van der Waals surface area contributed by atoms with Gasteiger partial charge in [0.1, 0.15) is 0 Å². The molecule has 0 saturated carbocycles. The number of carboxylic acid groups (broad SMARTS) is 1. The quantitative estimate of drug-likeness (QED) is 0.513. The Kier molecular flexibility index (Phi) is 5.40. The van der Waals surface area contributed by atoms with Gasteiger partial charge >= 0.3 is 5.97 Å². The highest BCUT2D eigenvalue weighted by Gasteiger charge is 2.07. The molecule has 0 saturated heterocycles. The molecule has 0 aromatic heterocycles. The summed E-state index contributed by atoms with van der Waals surface area (Å²) in [7, 11) is 0. The van der Waals surface area contributed by atoms with E-state index < -0.39 is 5.97 Å². The van der Waals surface area contributed by atoms with Crippen molar-refractivity contribution in [2.75, 3.05) is 0 Å². The smallest absolute Gasteiger partial charge is 0.328 e. The lowest BCUT2D eigenvalue weighted by Crippen LogP contribution is -2.03. The minimum atomic E-state index is -0.996. The predicted molar refractivity (Wildman–Crippen MR) is 103 cm³/mol. The number of carbonyl (C=O) groups is 2. The molecule has 0 aliphatic carbocycles. The Morgan fingerprint density at radius 3 is 2.00 bits per heavy atom. The molecule has 3 aromatic carbocycles. The lowest BCUT2D eigenvalue weighted by molar-refractivity contribution is -0.131. The average Bonchev–Trinajstić information content (AvgIpc) is 2.68. The Morgan fingerprint density at radius 2 is 1.38 bits per heavy atom. The zero-order chi connectivity index (χ0) is 18.4. The first-order chi connectivity index (χ1) is 12.6. The van der Waals surface area contributed by atoms with Crippen molar-refractivity contribution in [1.82, 2.24) is 0 Å². The second kappa shape index (κ2) is 8.08. The topological polar surface area (TPSA) is 54.4 Å². The highest BCUT2D eigenvalue weighted by molar-refractivity contribution is 5.97. The van der Waals surface area contributed by atoms with E-state index in [1.807, 2.05) is 42.5 Å². The fourth-order valence-corrected chi connectivity index (χ4v) is 2.68. The van der Waals surface area contributed by atoms with Crippen molar-refractivity contribution >= 4 is 17.8 Å². The van der Waals surface area contributed by atoms with Crippen molar-refractivity contribution in [3.8, 4) is 11.1 Å². The molecule has 0 heterocycles. The number of rotatable bonds is 6. The number of carboxylic acids is 1. The van der Waals surface area contributed by atoms with Crippen molar-refractivity contribution in [2.24, 2.45) is 0 Å². The fourth-order valence-electron chi connectivity index (χ4n) is 2.68. The normalized spacial score (nSPS) is 10.8. The summed E-state index contributed by atoms with van der Waals surface area (Å²) in [5.74, 6) is -0.963. The van der Waals surface area contributed by atoms with Crippen LogP contribution < -0.4 is 0 Å². The molecule has 3 rings (SSSR count). The van der Waals surface area contributed by atoms with Crippen LogP contribution in [0.5, 0.6) is 0 Å². The van der Waals surface area contributed by atoms with Crippen LogP contribution in [-0.2, 0) is 11.2 Å². The second-order valence-electron chi connectivity index (χ2n) is 5.96. The molecule has 128 valence electrons.